The fourth-order valence-electron chi connectivity index (χ4n) is 1.54. The molecule has 1 amide bonds. The van der Waals surface area contributed by atoms with Crippen LogP contribution in [0.3, 0.4) is 0 Å². The Hall–Kier alpha value is -1.93. The van der Waals surface area contributed by atoms with E-state index in [0.717, 1.165) is 4.88 Å². The molecule has 0 fully saturated rings. The molecule has 2 heterocycles. The van der Waals surface area contributed by atoms with Gasteiger partial charge in [-0.1, -0.05) is 6.07 Å². The van der Waals surface area contributed by atoms with E-state index >= 15 is 0 Å². The Morgan fingerprint density at radius 3 is 3.00 bits per heavy atom. The zero-order chi connectivity index (χ0) is 13.7. The second-order valence-corrected chi connectivity index (χ2v) is 4.83. The van der Waals surface area contributed by atoms with Gasteiger partial charge in [0.05, 0.1) is 13.2 Å². The lowest BCUT2D eigenvalue weighted by molar-refractivity contribution is 0.0672. The van der Waals surface area contributed by atoms with Crippen LogP contribution < -0.4 is 5.73 Å². The summed E-state index contributed by atoms with van der Waals surface area (Å²) in [5.41, 5.74) is 5.57. The zero-order valence-electron chi connectivity index (χ0n) is 10.4. The summed E-state index contributed by atoms with van der Waals surface area (Å²) in [6.07, 6.45) is 0. The summed E-state index contributed by atoms with van der Waals surface area (Å²) in [6.45, 7) is 1.36. The lowest BCUT2D eigenvalue weighted by Gasteiger charge is -2.20. The highest BCUT2D eigenvalue weighted by Crippen LogP contribution is 2.15. The van der Waals surface area contributed by atoms with E-state index in [1.165, 1.54) is 0 Å². The maximum Gasteiger partial charge on any atom is 0.280 e. The summed E-state index contributed by atoms with van der Waals surface area (Å²) in [6, 6.07) is 3.90. The Balaban J connectivity index is 2.12. The van der Waals surface area contributed by atoms with Crippen molar-refractivity contribution in [2.75, 3.05) is 26.0 Å². The summed E-state index contributed by atoms with van der Waals surface area (Å²) in [7, 11) is 1.58. The van der Waals surface area contributed by atoms with Gasteiger partial charge in [0.1, 0.15) is 0 Å². The van der Waals surface area contributed by atoms with Gasteiger partial charge in [-0.2, -0.15) is 0 Å². The van der Waals surface area contributed by atoms with Crippen LogP contribution in [0.25, 0.3) is 0 Å². The number of carbonyl (C=O) groups excluding carboxylic acids is 1. The first-order valence-corrected chi connectivity index (χ1v) is 6.49. The van der Waals surface area contributed by atoms with Crippen molar-refractivity contribution in [3.63, 3.8) is 0 Å². The normalized spacial score (nSPS) is 10.6. The number of ether oxygens (including phenoxy) is 1. The lowest BCUT2D eigenvalue weighted by Crippen LogP contribution is -2.33. The van der Waals surface area contributed by atoms with Gasteiger partial charge in [0.15, 0.2) is 0 Å². The number of nitrogens with zero attached hydrogens (tertiary/aromatic N) is 3. The fraction of sp³-hybridized carbons (Fsp3) is 0.364. The molecule has 19 heavy (non-hydrogen) atoms. The molecule has 0 saturated carbocycles. The van der Waals surface area contributed by atoms with Gasteiger partial charge in [-0.25, -0.2) is 4.63 Å². The number of thiophene rings is 1. The van der Waals surface area contributed by atoms with Crippen LogP contribution in [0.4, 0.5) is 5.82 Å². The minimum absolute atomic E-state index is 0.00130. The standard InChI is InChI=1S/C11H14N4O3S/c1-17-5-4-15(7-8-3-2-6-19-8)11(16)9-10(12)14-18-13-9/h2-3,6H,4-5,7H2,1H3,(H2,12,14). The highest BCUT2D eigenvalue weighted by molar-refractivity contribution is 7.09. The Bertz CT molecular complexity index is 526. The van der Waals surface area contributed by atoms with Crippen LogP contribution in [0.2, 0.25) is 0 Å². The molecule has 0 unspecified atom stereocenters. The molecule has 0 saturated heterocycles. The Kier molecular flexibility index (Phi) is 4.48. The molecule has 0 aliphatic carbocycles. The van der Waals surface area contributed by atoms with Crippen LogP contribution in [-0.4, -0.2) is 41.4 Å². The van der Waals surface area contributed by atoms with Crippen molar-refractivity contribution in [1.29, 1.82) is 0 Å². The van der Waals surface area contributed by atoms with E-state index in [9.17, 15) is 4.79 Å². The molecule has 0 radical (unpaired) electrons. The average Bonchev–Trinajstić information content (AvgIpc) is 3.05. The van der Waals surface area contributed by atoms with E-state index in [2.05, 4.69) is 14.9 Å². The van der Waals surface area contributed by atoms with Crippen molar-refractivity contribution in [2.24, 2.45) is 0 Å². The van der Waals surface area contributed by atoms with Crippen molar-refractivity contribution in [3.8, 4) is 0 Å². The number of aromatic nitrogens is 2. The van der Waals surface area contributed by atoms with Crippen LogP contribution in [0.15, 0.2) is 22.1 Å². The number of carbonyl (C=O) groups is 1. The monoisotopic (exact) mass is 282 g/mol. The molecule has 7 nitrogen and oxygen atoms in total. The maximum absolute atomic E-state index is 12.3. The Morgan fingerprint density at radius 2 is 2.42 bits per heavy atom. The maximum atomic E-state index is 12.3. The molecule has 8 heteroatoms. The van der Waals surface area contributed by atoms with Gasteiger partial charge in [-0.15, -0.1) is 11.3 Å². The van der Waals surface area contributed by atoms with Crippen molar-refractivity contribution in [2.45, 2.75) is 6.54 Å². The predicted octanol–water partition coefficient (Wildman–Crippen LogP) is 1.00. The van der Waals surface area contributed by atoms with Crippen molar-refractivity contribution in [3.05, 3.63) is 28.1 Å². The fourth-order valence-corrected chi connectivity index (χ4v) is 2.26. The third-order valence-corrected chi connectivity index (χ3v) is 3.36. The van der Waals surface area contributed by atoms with E-state index in [1.807, 2.05) is 17.5 Å². The molecule has 0 aliphatic heterocycles. The second kappa shape index (κ2) is 6.30. The number of anilines is 1. The highest BCUT2D eigenvalue weighted by atomic mass is 32.1. The average molecular weight is 282 g/mol. The number of nitrogens with two attached hydrogens (primary N) is 1. The number of amides is 1. The Labute approximate surface area is 113 Å². The van der Waals surface area contributed by atoms with Gasteiger partial charge in [-0.3, -0.25) is 4.79 Å². The van der Waals surface area contributed by atoms with Crippen LogP contribution in [-0.2, 0) is 11.3 Å². The molecular weight excluding hydrogens is 268 g/mol. The van der Waals surface area contributed by atoms with Gasteiger partial charge < -0.3 is 15.4 Å². The summed E-state index contributed by atoms with van der Waals surface area (Å²) in [4.78, 5) is 15.0. The number of hydrogen-bond acceptors (Lipinski definition) is 7. The molecule has 2 N–H and O–H groups in total. The van der Waals surface area contributed by atoms with Crippen molar-refractivity contribution in [1.82, 2.24) is 15.2 Å². The molecule has 0 bridgehead atoms. The van der Waals surface area contributed by atoms with E-state index < -0.39 is 0 Å². The third-order valence-electron chi connectivity index (χ3n) is 2.50. The SMILES string of the molecule is COCCN(Cc1cccs1)C(=O)c1nonc1N. The van der Waals surface area contributed by atoms with E-state index in [-0.39, 0.29) is 17.4 Å². The van der Waals surface area contributed by atoms with Gasteiger partial charge in [0.2, 0.25) is 11.5 Å². The third kappa shape index (κ3) is 3.30. The van der Waals surface area contributed by atoms with Crippen LogP contribution in [0.5, 0.6) is 0 Å². The number of nitrogen functional groups attached to an aromatic ring is 1. The molecule has 2 rings (SSSR count). The molecule has 2 aromatic rings. The Morgan fingerprint density at radius 1 is 1.58 bits per heavy atom. The molecule has 0 atom stereocenters. The molecular formula is C11H14N4O3S. The number of hydrogen-bond donors (Lipinski definition) is 1. The molecule has 0 aliphatic rings. The number of rotatable bonds is 6. The first-order chi connectivity index (χ1) is 9.22. The quantitative estimate of drug-likeness (QED) is 0.849. The smallest absolute Gasteiger partial charge is 0.280 e. The summed E-state index contributed by atoms with van der Waals surface area (Å²) < 4.78 is 9.46. The van der Waals surface area contributed by atoms with Gasteiger partial charge in [0.25, 0.3) is 5.91 Å². The number of methoxy groups -OCH3 is 1. The van der Waals surface area contributed by atoms with Crippen LogP contribution >= 0.6 is 11.3 Å². The topological polar surface area (TPSA) is 94.5 Å². The van der Waals surface area contributed by atoms with E-state index in [1.54, 1.807) is 23.3 Å². The minimum Gasteiger partial charge on any atom is -0.383 e. The van der Waals surface area contributed by atoms with Gasteiger partial charge in [-0.05, 0) is 21.8 Å². The minimum atomic E-state index is -0.316. The predicted molar refractivity (Wildman–Crippen MR) is 69.6 cm³/mol. The molecule has 102 valence electrons. The van der Waals surface area contributed by atoms with Gasteiger partial charge >= 0.3 is 0 Å². The zero-order valence-corrected chi connectivity index (χ0v) is 11.2. The van der Waals surface area contributed by atoms with Gasteiger partial charge in [0, 0.05) is 18.5 Å². The second-order valence-electron chi connectivity index (χ2n) is 3.80. The first kappa shape index (κ1) is 13.5. The summed E-state index contributed by atoms with van der Waals surface area (Å²) in [5, 5.41) is 8.91. The van der Waals surface area contributed by atoms with E-state index in [4.69, 9.17) is 10.5 Å². The van der Waals surface area contributed by atoms with Crippen LogP contribution in [0, 0.1) is 0 Å². The highest BCUT2D eigenvalue weighted by Gasteiger charge is 2.23. The van der Waals surface area contributed by atoms with E-state index in [0.29, 0.717) is 19.7 Å². The first-order valence-electron chi connectivity index (χ1n) is 5.61. The largest absolute Gasteiger partial charge is 0.383 e. The van der Waals surface area contributed by atoms with Crippen molar-refractivity contribution >= 4 is 23.1 Å². The summed E-state index contributed by atoms with van der Waals surface area (Å²) >= 11 is 1.58. The molecule has 0 aromatic carbocycles. The summed E-state index contributed by atoms with van der Waals surface area (Å²) in [5.74, 6) is -0.317. The van der Waals surface area contributed by atoms with Crippen LogP contribution in [0.1, 0.15) is 15.4 Å². The molecule has 0 spiro atoms. The van der Waals surface area contributed by atoms with Crippen molar-refractivity contribution < 1.29 is 14.2 Å². The molecule has 2 aromatic heterocycles. The lowest BCUT2D eigenvalue weighted by atomic mass is 10.3.